The fourth-order valence-electron chi connectivity index (χ4n) is 3.19. The second-order valence-electron chi connectivity index (χ2n) is 6.80. The van der Waals surface area contributed by atoms with Crippen molar-refractivity contribution >= 4 is 39.2 Å². The maximum Gasteiger partial charge on any atom is 0.348 e. The molecule has 1 aliphatic heterocycles. The van der Waals surface area contributed by atoms with Gasteiger partial charge < -0.3 is 14.4 Å². The average molecular weight is 453 g/mol. The highest BCUT2D eigenvalue weighted by Gasteiger charge is 2.35. The standard InChI is InChI=1S/C20H21ClN2O6S/c1-28-20(25)18-12-23(16-5-3-4-6-17(16)29-18)19(24)11-15(22-30(2,26)27)13-7-9-14(21)10-8-13/h3-10,15,18,22H,11-12H2,1-2H3/t15-,18-/m1/s1. The monoisotopic (exact) mass is 452 g/mol. The number of methoxy groups -OCH3 is 1. The number of hydrogen-bond acceptors (Lipinski definition) is 6. The molecule has 1 aliphatic rings. The lowest BCUT2D eigenvalue weighted by Gasteiger charge is -2.34. The van der Waals surface area contributed by atoms with Crippen molar-refractivity contribution in [2.75, 3.05) is 24.8 Å². The molecule has 30 heavy (non-hydrogen) atoms. The number of hydrogen-bond donors (Lipinski definition) is 1. The maximum atomic E-state index is 13.2. The van der Waals surface area contributed by atoms with E-state index >= 15 is 0 Å². The number of rotatable bonds is 6. The third-order valence-electron chi connectivity index (χ3n) is 4.55. The lowest BCUT2D eigenvalue weighted by atomic mass is 10.0. The number of benzene rings is 2. The quantitative estimate of drug-likeness (QED) is 0.675. The Morgan fingerprint density at radius 3 is 2.53 bits per heavy atom. The molecule has 0 aliphatic carbocycles. The summed E-state index contributed by atoms with van der Waals surface area (Å²) in [5.41, 5.74) is 1.08. The molecule has 2 atom stereocenters. The first-order chi connectivity index (χ1) is 14.2. The van der Waals surface area contributed by atoms with Crippen LogP contribution in [0.15, 0.2) is 48.5 Å². The fourth-order valence-corrected chi connectivity index (χ4v) is 4.05. The van der Waals surface area contributed by atoms with Crippen LogP contribution < -0.4 is 14.4 Å². The highest BCUT2D eigenvalue weighted by molar-refractivity contribution is 7.88. The molecule has 0 unspecified atom stereocenters. The summed E-state index contributed by atoms with van der Waals surface area (Å²) >= 11 is 5.92. The summed E-state index contributed by atoms with van der Waals surface area (Å²) < 4.78 is 36.6. The topological polar surface area (TPSA) is 102 Å². The highest BCUT2D eigenvalue weighted by atomic mass is 35.5. The maximum absolute atomic E-state index is 13.2. The molecule has 1 heterocycles. The summed E-state index contributed by atoms with van der Waals surface area (Å²) in [6, 6.07) is 12.6. The average Bonchev–Trinajstić information content (AvgIpc) is 2.71. The van der Waals surface area contributed by atoms with Gasteiger partial charge in [0.05, 0.1) is 31.6 Å². The zero-order chi connectivity index (χ0) is 21.9. The van der Waals surface area contributed by atoms with Gasteiger partial charge in [0.15, 0.2) is 0 Å². The first kappa shape index (κ1) is 22.1. The molecular weight excluding hydrogens is 432 g/mol. The van der Waals surface area contributed by atoms with Crippen LogP contribution in [0.3, 0.4) is 0 Å². The van der Waals surface area contributed by atoms with E-state index in [1.54, 1.807) is 48.5 Å². The Labute approximate surface area is 179 Å². The molecule has 0 saturated carbocycles. The Bertz CT molecular complexity index is 1040. The number of para-hydroxylation sites is 2. The lowest BCUT2D eigenvalue weighted by molar-refractivity contribution is -0.148. The second kappa shape index (κ2) is 9.03. The van der Waals surface area contributed by atoms with E-state index in [-0.39, 0.29) is 18.9 Å². The molecule has 8 nitrogen and oxygen atoms in total. The highest BCUT2D eigenvalue weighted by Crippen LogP contribution is 2.34. The van der Waals surface area contributed by atoms with Crippen LogP contribution in [-0.4, -0.2) is 46.3 Å². The Kier molecular flexibility index (Phi) is 6.64. The van der Waals surface area contributed by atoms with Gasteiger partial charge in [-0.2, -0.15) is 0 Å². The predicted molar refractivity (Wildman–Crippen MR) is 112 cm³/mol. The molecule has 0 bridgehead atoms. The van der Waals surface area contributed by atoms with Gasteiger partial charge in [0.1, 0.15) is 5.75 Å². The Hall–Kier alpha value is -2.62. The Balaban J connectivity index is 1.90. The largest absolute Gasteiger partial charge is 0.475 e. The van der Waals surface area contributed by atoms with E-state index in [0.717, 1.165) is 6.26 Å². The fraction of sp³-hybridized carbons (Fsp3) is 0.300. The SMILES string of the molecule is COC(=O)[C@H]1CN(C(=O)C[C@@H](NS(C)(=O)=O)c2ccc(Cl)cc2)c2ccccc2O1. The van der Waals surface area contributed by atoms with Gasteiger partial charge in [0.25, 0.3) is 0 Å². The molecule has 1 amide bonds. The zero-order valence-corrected chi connectivity index (χ0v) is 17.9. The van der Waals surface area contributed by atoms with E-state index in [1.165, 1.54) is 12.0 Å². The Morgan fingerprint density at radius 1 is 1.23 bits per heavy atom. The van der Waals surface area contributed by atoms with E-state index in [9.17, 15) is 18.0 Å². The number of ether oxygens (including phenoxy) is 2. The zero-order valence-electron chi connectivity index (χ0n) is 16.4. The van der Waals surface area contributed by atoms with Crippen molar-refractivity contribution in [3.05, 3.63) is 59.1 Å². The number of halogens is 1. The van der Waals surface area contributed by atoms with Crippen LogP contribution in [0.5, 0.6) is 5.75 Å². The predicted octanol–water partition coefficient (Wildman–Crippen LogP) is 2.29. The summed E-state index contributed by atoms with van der Waals surface area (Å²) in [5, 5.41) is 0.492. The van der Waals surface area contributed by atoms with Gasteiger partial charge in [0, 0.05) is 11.4 Å². The van der Waals surface area contributed by atoms with Gasteiger partial charge in [-0.25, -0.2) is 17.9 Å². The van der Waals surface area contributed by atoms with E-state index in [0.29, 0.717) is 22.0 Å². The molecule has 0 saturated heterocycles. The summed E-state index contributed by atoms with van der Waals surface area (Å²) in [4.78, 5) is 26.6. The van der Waals surface area contributed by atoms with Crippen molar-refractivity contribution in [1.82, 2.24) is 4.72 Å². The number of carbonyl (C=O) groups excluding carboxylic acids is 2. The van der Waals surface area contributed by atoms with Crippen molar-refractivity contribution in [2.45, 2.75) is 18.6 Å². The van der Waals surface area contributed by atoms with E-state index in [4.69, 9.17) is 21.1 Å². The molecule has 10 heteroatoms. The smallest absolute Gasteiger partial charge is 0.348 e. The van der Waals surface area contributed by atoms with Crippen LogP contribution >= 0.6 is 11.6 Å². The van der Waals surface area contributed by atoms with E-state index in [2.05, 4.69) is 4.72 Å². The van der Waals surface area contributed by atoms with E-state index in [1.807, 2.05) is 0 Å². The first-order valence-electron chi connectivity index (χ1n) is 9.04. The van der Waals surface area contributed by atoms with Crippen molar-refractivity contribution in [1.29, 1.82) is 0 Å². The molecule has 1 N–H and O–H groups in total. The molecule has 0 spiro atoms. The molecule has 0 radical (unpaired) electrons. The van der Waals surface area contributed by atoms with Crippen molar-refractivity contribution < 1.29 is 27.5 Å². The van der Waals surface area contributed by atoms with Gasteiger partial charge in [-0.15, -0.1) is 0 Å². The molecule has 3 rings (SSSR count). The van der Waals surface area contributed by atoms with Crippen molar-refractivity contribution in [2.24, 2.45) is 0 Å². The first-order valence-corrected chi connectivity index (χ1v) is 11.3. The van der Waals surface area contributed by atoms with Gasteiger partial charge >= 0.3 is 5.97 Å². The summed E-state index contributed by atoms with van der Waals surface area (Å²) in [6.45, 7) is -0.0469. The number of nitrogens with one attached hydrogen (secondary N) is 1. The van der Waals surface area contributed by atoms with Gasteiger partial charge in [0.2, 0.25) is 22.0 Å². The summed E-state index contributed by atoms with van der Waals surface area (Å²) in [6.07, 6.45) is -0.125. The molecular formula is C20H21ClN2O6S. The van der Waals surface area contributed by atoms with E-state index < -0.39 is 28.1 Å². The van der Waals surface area contributed by atoms with Crippen molar-refractivity contribution in [3.8, 4) is 5.75 Å². The summed E-state index contributed by atoms with van der Waals surface area (Å²) in [5.74, 6) is -0.617. The third-order valence-corrected chi connectivity index (χ3v) is 5.51. The third kappa shape index (κ3) is 5.29. The molecule has 2 aromatic carbocycles. The van der Waals surface area contributed by atoms with Crippen LogP contribution in [0.4, 0.5) is 5.69 Å². The second-order valence-corrected chi connectivity index (χ2v) is 9.02. The van der Waals surface area contributed by atoms with Crippen LogP contribution in [0.1, 0.15) is 18.0 Å². The van der Waals surface area contributed by atoms with Crippen LogP contribution in [-0.2, 0) is 24.3 Å². The van der Waals surface area contributed by atoms with Gasteiger partial charge in [-0.05, 0) is 29.8 Å². The van der Waals surface area contributed by atoms with Gasteiger partial charge in [-0.3, -0.25) is 4.79 Å². The van der Waals surface area contributed by atoms with Crippen molar-refractivity contribution in [3.63, 3.8) is 0 Å². The minimum absolute atomic E-state index is 0.0469. The number of esters is 1. The number of anilines is 1. The summed E-state index contributed by atoms with van der Waals surface area (Å²) in [7, 11) is -2.36. The number of sulfonamides is 1. The van der Waals surface area contributed by atoms with Crippen LogP contribution in [0.2, 0.25) is 5.02 Å². The normalized spacial score (nSPS) is 16.9. The molecule has 160 valence electrons. The number of amides is 1. The molecule has 2 aromatic rings. The Morgan fingerprint density at radius 2 is 1.90 bits per heavy atom. The molecule has 0 fully saturated rings. The molecule has 0 aromatic heterocycles. The van der Waals surface area contributed by atoms with Gasteiger partial charge in [-0.1, -0.05) is 35.9 Å². The van der Waals surface area contributed by atoms with Crippen LogP contribution in [0, 0.1) is 0 Å². The number of carbonyl (C=O) groups is 2. The lowest BCUT2D eigenvalue weighted by Crippen LogP contribution is -2.48. The minimum Gasteiger partial charge on any atom is -0.475 e. The minimum atomic E-state index is -3.60. The number of nitrogens with zero attached hydrogens (tertiary/aromatic N) is 1. The van der Waals surface area contributed by atoms with Crippen LogP contribution in [0.25, 0.3) is 0 Å². The number of fused-ring (bicyclic) bond motifs is 1.